The number of hydrogen-bond acceptors (Lipinski definition) is 7. The van der Waals surface area contributed by atoms with E-state index >= 15 is 0 Å². The van der Waals surface area contributed by atoms with Gasteiger partial charge in [0.05, 0.1) is 4.90 Å². The molecule has 2 aromatic carbocycles. The van der Waals surface area contributed by atoms with Gasteiger partial charge in [-0.15, -0.1) is 0 Å². The molecule has 0 unspecified atom stereocenters. The van der Waals surface area contributed by atoms with Crippen LogP contribution in [0.15, 0.2) is 53.7 Å². The van der Waals surface area contributed by atoms with E-state index in [1.54, 1.807) is 26.0 Å². The van der Waals surface area contributed by atoms with E-state index in [1.165, 1.54) is 28.8 Å². The minimum atomic E-state index is -3.56. The molecular weight excluding hydrogens is 426 g/mol. The first-order valence-corrected chi connectivity index (χ1v) is 10.9. The van der Waals surface area contributed by atoms with E-state index in [9.17, 15) is 17.2 Å². The highest BCUT2D eigenvalue weighted by molar-refractivity contribution is 7.89. The smallest absolute Gasteiger partial charge is 0.243 e. The van der Waals surface area contributed by atoms with E-state index in [2.05, 4.69) is 20.6 Å². The molecule has 0 bridgehead atoms. The zero-order valence-corrected chi connectivity index (χ0v) is 17.7. The Morgan fingerprint density at radius 2 is 1.45 bits per heavy atom. The molecule has 0 radical (unpaired) electrons. The van der Waals surface area contributed by atoms with E-state index < -0.39 is 21.7 Å². The highest BCUT2D eigenvalue weighted by atomic mass is 32.2. The number of hydrogen-bond donors (Lipinski definition) is 3. The number of halogens is 2. The second kappa shape index (κ2) is 9.23. The van der Waals surface area contributed by atoms with Gasteiger partial charge in [-0.2, -0.15) is 4.31 Å². The average molecular weight is 448 g/mol. The third-order valence-electron chi connectivity index (χ3n) is 4.53. The number of nitrogens with zero attached hydrogens (tertiary/aromatic N) is 3. The lowest BCUT2D eigenvalue weighted by Gasteiger charge is -2.18. The predicted molar refractivity (Wildman–Crippen MR) is 116 cm³/mol. The van der Waals surface area contributed by atoms with E-state index in [1.807, 2.05) is 0 Å². The number of nitrogen functional groups attached to an aromatic ring is 1. The molecule has 0 spiro atoms. The van der Waals surface area contributed by atoms with Crippen LogP contribution in [-0.2, 0) is 10.0 Å². The number of sulfonamides is 1. The quantitative estimate of drug-likeness (QED) is 0.480. The maximum Gasteiger partial charge on any atom is 0.243 e. The van der Waals surface area contributed by atoms with Crippen LogP contribution in [0.25, 0.3) is 0 Å². The van der Waals surface area contributed by atoms with Crippen molar-refractivity contribution >= 4 is 38.7 Å². The van der Waals surface area contributed by atoms with Crippen LogP contribution in [0.5, 0.6) is 0 Å². The average Bonchev–Trinajstić information content (AvgIpc) is 2.75. The van der Waals surface area contributed by atoms with Gasteiger partial charge in [0, 0.05) is 30.5 Å². The minimum Gasteiger partial charge on any atom is -0.393 e. The van der Waals surface area contributed by atoms with E-state index in [4.69, 9.17) is 5.73 Å². The molecule has 0 fully saturated rings. The van der Waals surface area contributed by atoms with E-state index in [0.717, 1.165) is 12.1 Å². The fourth-order valence-electron chi connectivity index (χ4n) is 2.86. The number of benzene rings is 2. The summed E-state index contributed by atoms with van der Waals surface area (Å²) < 4.78 is 53.1. The zero-order chi connectivity index (χ0) is 22.6. The molecule has 3 rings (SSSR count). The van der Waals surface area contributed by atoms with Crippen molar-refractivity contribution in [2.75, 3.05) is 29.5 Å². The highest BCUT2D eigenvalue weighted by Gasteiger charge is 2.21. The van der Waals surface area contributed by atoms with Gasteiger partial charge in [-0.3, -0.25) is 0 Å². The fourth-order valence-corrected chi connectivity index (χ4v) is 4.32. The summed E-state index contributed by atoms with van der Waals surface area (Å²) in [6, 6.07) is 9.51. The Labute approximate surface area is 179 Å². The van der Waals surface area contributed by atoms with Gasteiger partial charge in [0.2, 0.25) is 10.0 Å². The first kappa shape index (κ1) is 22.4. The monoisotopic (exact) mass is 448 g/mol. The van der Waals surface area contributed by atoms with Gasteiger partial charge < -0.3 is 16.4 Å². The molecular formula is C20H22F2N6O2S. The second-order valence-electron chi connectivity index (χ2n) is 6.48. The number of rotatable bonds is 8. The van der Waals surface area contributed by atoms with Crippen LogP contribution in [0.1, 0.15) is 13.8 Å². The number of anilines is 5. The summed E-state index contributed by atoms with van der Waals surface area (Å²) in [6.07, 6.45) is 1.25. The maximum atomic E-state index is 13.4. The molecule has 1 heterocycles. The van der Waals surface area contributed by atoms with Crippen LogP contribution in [0.2, 0.25) is 0 Å². The molecule has 3 aromatic rings. The summed E-state index contributed by atoms with van der Waals surface area (Å²) in [4.78, 5) is 8.29. The second-order valence-corrected chi connectivity index (χ2v) is 8.42. The van der Waals surface area contributed by atoms with Crippen LogP contribution in [0.3, 0.4) is 0 Å². The van der Waals surface area contributed by atoms with Crippen LogP contribution < -0.4 is 16.4 Å². The SMILES string of the molecule is CCN(CC)S(=O)(=O)c1ccc(Nc2ncnc(Nc3ccc(F)c(F)c3)c2N)cc1. The third-order valence-corrected chi connectivity index (χ3v) is 6.59. The molecule has 0 aliphatic carbocycles. The number of nitrogens with one attached hydrogen (secondary N) is 2. The summed E-state index contributed by atoms with van der Waals surface area (Å²) in [6.45, 7) is 4.32. The van der Waals surface area contributed by atoms with Crippen molar-refractivity contribution < 1.29 is 17.2 Å². The number of aromatic nitrogens is 2. The molecule has 0 atom stereocenters. The van der Waals surface area contributed by atoms with Gasteiger partial charge in [-0.05, 0) is 36.4 Å². The van der Waals surface area contributed by atoms with Crippen molar-refractivity contribution in [2.45, 2.75) is 18.7 Å². The lowest BCUT2D eigenvalue weighted by molar-refractivity contribution is 0.445. The molecule has 0 aliphatic heterocycles. The molecule has 4 N–H and O–H groups in total. The summed E-state index contributed by atoms with van der Waals surface area (Å²) >= 11 is 0. The van der Waals surface area contributed by atoms with Crippen molar-refractivity contribution in [2.24, 2.45) is 0 Å². The predicted octanol–water partition coefficient (Wildman–Crippen LogP) is 3.85. The highest BCUT2D eigenvalue weighted by Crippen LogP contribution is 2.29. The van der Waals surface area contributed by atoms with Crippen molar-refractivity contribution in [1.29, 1.82) is 0 Å². The van der Waals surface area contributed by atoms with Crippen molar-refractivity contribution in [1.82, 2.24) is 14.3 Å². The molecule has 1 aromatic heterocycles. The summed E-state index contributed by atoms with van der Waals surface area (Å²) in [7, 11) is -3.56. The number of nitrogens with two attached hydrogens (primary N) is 1. The van der Waals surface area contributed by atoms with E-state index in [0.29, 0.717) is 18.8 Å². The van der Waals surface area contributed by atoms with Crippen LogP contribution in [0, 0.1) is 11.6 Å². The van der Waals surface area contributed by atoms with Crippen LogP contribution >= 0.6 is 0 Å². The molecule has 0 amide bonds. The molecule has 8 nitrogen and oxygen atoms in total. The molecule has 164 valence electrons. The van der Waals surface area contributed by atoms with Gasteiger partial charge in [-0.1, -0.05) is 13.8 Å². The summed E-state index contributed by atoms with van der Waals surface area (Å²) in [5.41, 5.74) is 7.07. The topological polar surface area (TPSA) is 113 Å². The Morgan fingerprint density at radius 1 is 0.903 bits per heavy atom. The Hall–Kier alpha value is -3.31. The summed E-state index contributed by atoms with van der Waals surface area (Å²) in [5, 5.41) is 5.81. The van der Waals surface area contributed by atoms with Gasteiger partial charge in [0.15, 0.2) is 23.3 Å². The Kier molecular flexibility index (Phi) is 6.66. The molecule has 0 saturated carbocycles. The van der Waals surface area contributed by atoms with Gasteiger partial charge in [-0.25, -0.2) is 27.2 Å². The normalized spacial score (nSPS) is 11.5. The first-order valence-electron chi connectivity index (χ1n) is 9.46. The van der Waals surface area contributed by atoms with E-state index in [-0.39, 0.29) is 27.9 Å². The Balaban J connectivity index is 1.80. The maximum absolute atomic E-state index is 13.4. The third kappa shape index (κ3) is 4.89. The largest absolute Gasteiger partial charge is 0.393 e. The zero-order valence-electron chi connectivity index (χ0n) is 16.9. The van der Waals surface area contributed by atoms with Crippen molar-refractivity contribution in [3.8, 4) is 0 Å². The Bertz CT molecular complexity index is 1170. The molecule has 31 heavy (non-hydrogen) atoms. The standard InChI is InChI=1S/C20H22F2N6O2S/c1-3-28(4-2)31(29,30)15-8-5-13(6-9-15)26-19-18(23)20(25-12-24-19)27-14-7-10-16(21)17(22)11-14/h5-12H,3-4,23H2,1-2H3,(H2,24,25,26,27). The van der Waals surface area contributed by atoms with Gasteiger partial charge >= 0.3 is 0 Å². The molecule has 0 saturated heterocycles. The lowest BCUT2D eigenvalue weighted by Crippen LogP contribution is -2.30. The lowest BCUT2D eigenvalue weighted by atomic mass is 10.3. The van der Waals surface area contributed by atoms with Gasteiger partial charge in [0.25, 0.3) is 0 Å². The minimum absolute atomic E-state index is 0.145. The fraction of sp³-hybridized carbons (Fsp3) is 0.200. The molecule has 11 heteroatoms. The summed E-state index contributed by atoms with van der Waals surface area (Å²) in [5.74, 6) is -1.51. The van der Waals surface area contributed by atoms with Crippen molar-refractivity contribution in [3.05, 3.63) is 60.4 Å². The van der Waals surface area contributed by atoms with Crippen molar-refractivity contribution in [3.63, 3.8) is 0 Å². The van der Waals surface area contributed by atoms with Crippen LogP contribution in [-0.4, -0.2) is 35.8 Å². The van der Waals surface area contributed by atoms with Crippen LogP contribution in [0.4, 0.5) is 37.5 Å². The first-order chi connectivity index (χ1) is 14.8. The molecule has 0 aliphatic rings. The Morgan fingerprint density at radius 3 is 2.00 bits per heavy atom. The van der Waals surface area contributed by atoms with Gasteiger partial charge in [0.1, 0.15) is 12.0 Å².